The molecule has 0 amide bonds. The van der Waals surface area contributed by atoms with E-state index >= 15 is 0 Å². The Bertz CT molecular complexity index is 1390. The van der Waals surface area contributed by atoms with Crippen molar-refractivity contribution in [3.8, 4) is 23.0 Å². The minimum absolute atomic E-state index is 0.0272. The number of phenols is 4. The highest BCUT2D eigenvalue weighted by Gasteiger charge is 2.32. The quantitative estimate of drug-likeness (QED) is 0.143. The van der Waals surface area contributed by atoms with Crippen molar-refractivity contribution in [2.75, 3.05) is 0 Å². The van der Waals surface area contributed by atoms with Crippen LogP contribution in [-0.4, -0.2) is 40.9 Å². The van der Waals surface area contributed by atoms with Gasteiger partial charge in [0.05, 0.1) is 26.4 Å². The van der Waals surface area contributed by atoms with Gasteiger partial charge in [0.25, 0.3) is 0 Å². The second-order valence-corrected chi connectivity index (χ2v) is 11.0. The van der Waals surface area contributed by atoms with Gasteiger partial charge in [-0.1, -0.05) is 24.3 Å². The van der Waals surface area contributed by atoms with Crippen LogP contribution in [0.4, 0.5) is 0 Å². The van der Waals surface area contributed by atoms with Crippen LogP contribution in [0.15, 0.2) is 48.5 Å². The summed E-state index contributed by atoms with van der Waals surface area (Å²) in [6.07, 6.45) is 0. The van der Waals surface area contributed by atoms with Crippen LogP contribution in [0, 0.1) is 27.7 Å². The first kappa shape index (κ1) is 30.9. The Morgan fingerprint density at radius 3 is 0.738 bits per heavy atom. The van der Waals surface area contributed by atoms with Crippen LogP contribution < -0.4 is 0 Å². The van der Waals surface area contributed by atoms with E-state index < -0.39 is 38.3 Å². The van der Waals surface area contributed by atoms with Crippen molar-refractivity contribution in [2.45, 2.75) is 66.0 Å². The van der Waals surface area contributed by atoms with E-state index in [1.165, 1.54) is 0 Å². The first-order chi connectivity index (χ1) is 19.9. The predicted molar refractivity (Wildman–Crippen MR) is 159 cm³/mol. The van der Waals surface area contributed by atoms with Crippen LogP contribution in [0.3, 0.4) is 0 Å². The molecule has 0 saturated carbocycles. The van der Waals surface area contributed by atoms with Crippen molar-refractivity contribution in [1.29, 1.82) is 0 Å². The molecule has 8 nitrogen and oxygen atoms in total. The lowest BCUT2D eigenvalue weighted by Gasteiger charge is -2.32. The molecule has 4 aromatic rings. The Morgan fingerprint density at radius 1 is 0.381 bits per heavy atom. The Labute approximate surface area is 245 Å². The summed E-state index contributed by atoms with van der Waals surface area (Å²) >= 11 is 0. The maximum atomic E-state index is 10.6. The lowest BCUT2D eigenvalue weighted by atomic mass is 9.71. The number of aromatic hydroxyl groups is 4. The summed E-state index contributed by atoms with van der Waals surface area (Å²) in [5.74, 6) is -1.24. The minimum atomic E-state index is -0.565. The molecule has 0 bridgehead atoms. The molecule has 0 spiro atoms. The molecule has 0 radical (unpaired) electrons. The van der Waals surface area contributed by atoms with Gasteiger partial charge in [0, 0.05) is 34.1 Å². The monoisotopic (exact) mass is 574 g/mol. The van der Waals surface area contributed by atoms with Crippen molar-refractivity contribution in [3.05, 3.63) is 115 Å². The number of benzene rings is 4. The number of rotatable bonds is 9. The van der Waals surface area contributed by atoms with Crippen molar-refractivity contribution < 1.29 is 40.9 Å². The Balaban J connectivity index is 2.18. The van der Waals surface area contributed by atoms with Gasteiger partial charge in [-0.15, -0.1) is 0 Å². The van der Waals surface area contributed by atoms with Crippen molar-refractivity contribution >= 4 is 0 Å². The molecule has 0 aliphatic rings. The van der Waals surface area contributed by atoms with Gasteiger partial charge >= 0.3 is 0 Å². The van der Waals surface area contributed by atoms with Gasteiger partial charge in [-0.3, -0.25) is 0 Å². The molecule has 0 saturated heterocycles. The molecular weight excluding hydrogens is 536 g/mol. The van der Waals surface area contributed by atoms with Gasteiger partial charge in [0.1, 0.15) is 23.0 Å². The number of hydrogen-bond donors (Lipinski definition) is 8. The van der Waals surface area contributed by atoms with Gasteiger partial charge in [-0.2, -0.15) is 0 Å². The van der Waals surface area contributed by atoms with E-state index in [1.807, 2.05) is 24.3 Å². The molecular formula is C34H38O8. The molecule has 0 aromatic heterocycles. The molecule has 4 aromatic carbocycles. The average Bonchev–Trinajstić information content (AvgIpc) is 2.97. The van der Waals surface area contributed by atoms with Crippen LogP contribution in [0.2, 0.25) is 0 Å². The maximum absolute atomic E-state index is 10.6. The molecule has 0 aliphatic carbocycles. The highest BCUT2D eigenvalue weighted by atomic mass is 16.3. The van der Waals surface area contributed by atoms with Crippen LogP contribution >= 0.6 is 0 Å². The summed E-state index contributed by atoms with van der Waals surface area (Å²) in [6, 6.07) is 14.1. The summed E-state index contributed by atoms with van der Waals surface area (Å²) in [4.78, 5) is 0. The van der Waals surface area contributed by atoms with Gasteiger partial charge in [0.2, 0.25) is 0 Å². The summed E-state index contributed by atoms with van der Waals surface area (Å²) < 4.78 is 0. The largest absolute Gasteiger partial charge is 0.507 e. The van der Waals surface area contributed by atoms with E-state index in [-0.39, 0.29) is 23.0 Å². The molecule has 0 fully saturated rings. The molecule has 222 valence electrons. The zero-order valence-electron chi connectivity index (χ0n) is 24.2. The second-order valence-electron chi connectivity index (χ2n) is 11.0. The zero-order valence-corrected chi connectivity index (χ0v) is 24.2. The van der Waals surface area contributed by atoms with Crippen molar-refractivity contribution in [2.24, 2.45) is 0 Å². The fraction of sp³-hybridized carbons (Fsp3) is 0.294. The Kier molecular flexibility index (Phi) is 9.13. The third-order valence-corrected chi connectivity index (χ3v) is 8.06. The highest BCUT2D eigenvalue weighted by molar-refractivity contribution is 5.56. The fourth-order valence-electron chi connectivity index (χ4n) is 5.89. The Hall–Kier alpha value is -4.08. The predicted octanol–water partition coefficient (Wildman–Crippen LogP) is 4.68. The summed E-state index contributed by atoms with van der Waals surface area (Å²) in [6.45, 7) is 5.29. The number of aliphatic hydroxyl groups is 4. The summed E-state index contributed by atoms with van der Waals surface area (Å²) in [5, 5.41) is 82.9. The number of aryl methyl sites for hydroxylation is 4. The summed E-state index contributed by atoms with van der Waals surface area (Å²) in [5.41, 5.74) is 6.27. The fourth-order valence-corrected chi connectivity index (χ4v) is 5.89. The van der Waals surface area contributed by atoms with Crippen molar-refractivity contribution in [1.82, 2.24) is 0 Å². The first-order valence-corrected chi connectivity index (χ1v) is 13.7. The van der Waals surface area contributed by atoms with Crippen LogP contribution in [0.1, 0.15) is 78.6 Å². The second kappa shape index (κ2) is 12.4. The smallest absolute Gasteiger partial charge is 0.124 e. The molecule has 8 heteroatoms. The molecule has 8 N–H and O–H groups in total. The van der Waals surface area contributed by atoms with E-state index in [9.17, 15) is 40.9 Å². The topological polar surface area (TPSA) is 162 Å². The van der Waals surface area contributed by atoms with E-state index in [4.69, 9.17) is 0 Å². The molecule has 4 rings (SSSR count). The molecule has 0 heterocycles. The lowest BCUT2D eigenvalue weighted by Crippen LogP contribution is -2.17. The van der Waals surface area contributed by atoms with Crippen LogP contribution in [0.5, 0.6) is 23.0 Å². The van der Waals surface area contributed by atoms with E-state index in [2.05, 4.69) is 0 Å². The van der Waals surface area contributed by atoms with Crippen molar-refractivity contribution in [3.63, 3.8) is 0 Å². The third-order valence-electron chi connectivity index (χ3n) is 8.06. The van der Waals surface area contributed by atoms with Crippen LogP contribution in [-0.2, 0) is 26.4 Å². The number of aliphatic hydroxyl groups excluding tert-OH is 4. The van der Waals surface area contributed by atoms with Gasteiger partial charge < -0.3 is 40.9 Å². The lowest BCUT2D eigenvalue weighted by molar-refractivity contribution is 0.274. The first-order valence-electron chi connectivity index (χ1n) is 13.7. The van der Waals surface area contributed by atoms with Gasteiger partial charge in [0.15, 0.2) is 0 Å². The normalized spacial score (nSPS) is 11.6. The molecule has 42 heavy (non-hydrogen) atoms. The highest BCUT2D eigenvalue weighted by Crippen LogP contribution is 2.48. The van der Waals surface area contributed by atoms with E-state index in [0.717, 1.165) is 0 Å². The maximum Gasteiger partial charge on any atom is 0.124 e. The minimum Gasteiger partial charge on any atom is -0.507 e. The van der Waals surface area contributed by atoms with E-state index in [1.54, 1.807) is 52.0 Å². The SMILES string of the molecule is Cc1cc(C(c2cc(C)c(O)c(CO)c2)C(c2cc(C)c(O)c(CO)c2)c2cc(C)c(O)c(CO)c2)cc(CO)c1O. The van der Waals surface area contributed by atoms with Crippen LogP contribution in [0.25, 0.3) is 0 Å². The average molecular weight is 575 g/mol. The third kappa shape index (κ3) is 5.67. The van der Waals surface area contributed by atoms with E-state index in [0.29, 0.717) is 66.8 Å². The number of hydrogen-bond acceptors (Lipinski definition) is 8. The standard InChI is InChI=1S/C34H38O8/c1-17-5-21(9-25(13-35)31(17)39)29(22-6-18(2)32(40)26(10-22)14-36)30(23-7-19(3)33(41)27(11-23)15-37)24-8-20(4)34(42)28(12-24)16-38/h5-12,29-30,35-42H,13-16H2,1-4H3. The molecule has 0 aliphatic heterocycles. The van der Waals surface area contributed by atoms with Gasteiger partial charge in [-0.25, -0.2) is 0 Å². The molecule has 0 atom stereocenters. The summed E-state index contributed by atoms with van der Waals surface area (Å²) in [7, 11) is 0. The van der Waals surface area contributed by atoms with Gasteiger partial charge in [-0.05, 0) is 96.5 Å². The molecule has 0 unspecified atom stereocenters. The zero-order chi connectivity index (χ0) is 30.9. The Morgan fingerprint density at radius 2 is 0.571 bits per heavy atom.